The predicted octanol–water partition coefficient (Wildman–Crippen LogP) is 14.9. The van der Waals surface area contributed by atoms with Gasteiger partial charge in [-0.1, -0.05) is 243 Å². The van der Waals surface area contributed by atoms with Gasteiger partial charge in [-0.3, -0.25) is 4.79 Å². The fraction of sp³-hybridized carbons (Fsp3) is 0.870. The quantitative estimate of drug-likeness (QED) is 0.0309. The van der Waals surface area contributed by atoms with Crippen molar-refractivity contribution in [3.8, 4) is 0 Å². The van der Waals surface area contributed by atoms with Gasteiger partial charge in [0.2, 0.25) is 5.91 Å². The maximum atomic E-state index is 12.6. The van der Waals surface area contributed by atoms with Crippen LogP contribution in [0.4, 0.5) is 0 Å². The number of nitrogens with one attached hydrogen (secondary N) is 1. The molecule has 0 saturated heterocycles. The van der Waals surface area contributed by atoms with Gasteiger partial charge >= 0.3 is 0 Å². The van der Waals surface area contributed by atoms with Crippen molar-refractivity contribution in [1.29, 1.82) is 0 Å². The van der Waals surface area contributed by atoms with Crippen LogP contribution in [0.2, 0.25) is 0 Å². The highest BCUT2D eigenvalue weighted by atomic mass is 16.3. The zero-order valence-electron chi connectivity index (χ0n) is 40.0. The average Bonchev–Trinajstić information content (AvgIpc) is 3.25. The molecule has 4 unspecified atom stereocenters. The van der Waals surface area contributed by atoms with Gasteiger partial charge in [-0.2, -0.15) is 0 Å². The van der Waals surface area contributed by atoms with Crippen LogP contribution in [0.15, 0.2) is 36.5 Å². The van der Waals surface area contributed by atoms with Gasteiger partial charge in [0.15, 0.2) is 0 Å². The Labute approximate surface area is 373 Å². The van der Waals surface area contributed by atoms with Crippen molar-refractivity contribution in [3.05, 3.63) is 36.5 Å². The Bertz CT molecular complexity index is 950. The van der Waals surface area contributed by atoms with E-state index in [1.807, 2.05) is 0 Å². The summed E-state index contributed by atoms with van der Waals surface area (Å²) in [5.41, 5.74) is 0. The Morgan fingerprint density at radius 3 is 1.05 bits per heavy atom. The van der Waals surface area contributed by atoms with Gasteiger partial charge in [0.25, 0.3) is 0 Å². The van der Waals surface area contributed by atoms with Crippen LogP contribution in [-0.2, 0) is 4.79 Å². The number of aliphatic hydroxyl groups excluding tert-OH is 4. The van der Waals surface area contributed by atoms with Crippen molar-refractivity contribution >= 4 is 5.91 Å². The molecule has 0 aliphatic heterocycles. The molecule has 5 N–H and O–H groups in total. The number of carbonyl (C=O) groups is 1. The molecule has 0 spiro atoms. The number of hydrogen-bond donors (Lipinski definition) is 5. The number of carbonyl (C=O) groups excluding carboxylic acids is 1. The summed E-state index contributed by atoms with van der Waals surface area (Å²) < 4.78 is 0. The van der Waals surface area contributed by atoms with Crippen molar-refractivity contribution in [1.82, 2.24) is 5.32 Å². The van der Waals surface area contributed by atoms with E-state index in [1.165, 1.54) is 186 Å². The summed E-state index contributed by atoms with van der Waals surface area (Å²) in [5.74, 6) is -0.596. The fourth-order valence-corrected chi connectivity index (χ4v) is 8.14. The monoisotopic (exact) mass is 846 g/mol. The van der Waals surface area contributed by atoms with Gasteiger partial charge in [-0.15, -0.1) is 0 Å². The van der Waals surface area contributed by atoms with Crippen molar-refractivity contribution in [2.24, 2.45) is 0 Å². The fourth-order valence-electron chi connectivity index (χ4n) is 8.14. The SMILES string of the molecule is CCCCCCCCCCCC/C=C/CC/C=C/CC/C=C/CCCC(O)C(O)C(CO)NC(=O)C(O)CCCCCCCCCCCCCCCCCCCCCCC. The molecule has 1 amide bonds. The molecule has 6 heteroatoms. The third-order valence-electron chi connectivity index (χ3n) is 12.3. The normalized spacial score (nSPS) is 14.2. The van der Waals surface area contributed by atoms with Gasteiger partial charge in [0.05, 0.1) is 18.8 Å². The molecule has 0 saturated carbocycles. The number of unbranched alkanes of at least 4 members (excludes halogenated alkanes) is 33. The Morgan fingerprint density at radius 1 is 0.400 bits per heavy atom. The maximum absolute atomic E-state index is 12.6. The molecule has 0 aromatic heterocycles. The lowest BCUT2D eigenvalue weighted by molar-refractivity contribution is -0.132. The van der Waals surface area contributed by atoms with Gasteiger partial charge < -0.3 is 25.7 Å². The minimum atomic E-state index is -1.29. The summed E-state index contributed by atoms with van der Waals surface area (Å²) in [7, 11) is 0. The highest BCUT2D eigenvalue weighted by molar-refractivity contribution is 5.80. The second-order valence-corrected chi connectivity index (χ2v) is 18.2. The first-order valence-corrected chi connectivity index (χ1v) is 26.4. The first kappa shape index (κ1) is 58.5. The van der Waals surface area contributed by atoms with Crippen LogP contribution in [-0.4, -0.2) is 57.3 Å². The number of allylic oxidation sites excluding steroid dienone is 6. The number of rotatable bonds is 48. The lowest BCUT2D eigenvalue weighted by Crippen LogP contribution is -2.53. The number of amides is 1. The van der Waals surface area contributed by atoms with E-state index >= 15 is 0 Å². The first-order valence-electron chi connectivity index (χ1n) is 26.4. The molecular formula is C54H103NO5. The van der Waals surface area contributed by atoms with E-state index in [1.54, 1.807) is 0 Å². The van der Waals surface area contributed by atoms with Crippen LogP contribution in [0.1, 0.15) is 271 Å². The minimum Gasteiger partial charge on any atom is -0.394 e. The van der Waals surface area contributed by atoms with E-state index in [0.29, 0.717) is 19.3 Å². The molecule has 0 aromatic rings. The van der Waals surface area contributed by atoms with Crippen molar-refractivity contribution in [2.45, 2.75) is 295 Å². The molecule has 0 bridgehead atoms. The summed E-state index contributed by atoms with van der Waals surface area (Å²) in [4.78, 5) is 12.6. The van der Waals surface area contributed by atoms with Crippen molar-refractivity contribution < 1.29 is 25.2 Å². The van der Waals surface area contributed by atoms with Crippen LogP contribution in [0, 0.1) is 0 Å². The second-order valence-electron chi connectivity index (χ2n) is 18.2. The second kappa shape index (κ2) is 48.6. The molecule has 354 valence electrons. The predicted molar refractivity (Wildman–Crippen MR) is 260 cm³/mol. The molecule has 4 atom stereocenters. The minimum absolute atomic E-state index is 0.362. The molecule has 0 aromatic carbocycles. The van der Waals surface area contributed by atoms with Gasteiger partial charge in [-0.25, -0.2) is 0 Å². The molecule has 0 heterocycles. The highest BCUT2D eigenvalue weighted by Gasteiger charge is 2.28. The zero-order valence-corrected chi connectivity index (χ0v) is 40.0. The van der Waals surface area contributed by atoms with Crippen LogP contribution >= 0.6 is 0 Å². The third kappa shape index (κ3) is 41.9. The Balaban J connectivity index is 3.73. The molecule has 60 heavy (non-hydrogen) atoms. The van der Waals surface area contributed by atoms with E-state index in [9.17, 15) is 25.2 Å². The Hall–Kier alpha value is -1.47. The van der Waals surface area contributed by atoms with E-state index in [0.717, 1.165) is 51.4 Å². The molecule has 0 radical (unpaired) electrons. The van der Waals surface area contributed by atoms with E-state index < -0.39 is 36.9 Å². The summed E-state index contributed by atoms with van der Waals surface area (Å²) in [6, 6.07) is -1.01. The first-order chi connectivity index (χ1) is 29.5. The van der Waals surface area contributed by atoms with Crippen molar-refractivity contribution in [3.63, 3.8) is 0 Å². The van der Waals surface area contributed by atoms with Crippen LogP contribution in [0.5, 0.6) is 0 Å². The lowest BCUT2D eigenvalue weighted by atomic mass is 10.00. The smallest absolute Gasteiger partial charge is 0.249 e. The molecule has 6 nitrogen and oxygen atoms in total. The van der Waals surface area contributed by atoms with E-state index in [2.05, 4.69) is 55.6 Å². The summed E-state index contributed by atoms with van der Waals surface area (Å²) in [5, 5.41) is 43.9. The van der Waals surface area contributed by atoms with Crippen LogP contribution in [0.25, 0.3) is 0 Å². The number of aliphatic hydroxyl groups is 4. The van der Waals surface area contributed by atoms with E-state index in [4.69, 9.17) is 0 Å². The zero-order chi connectivity index (χ0) is 43.8. The van der Waals surface area contributed by atoms with Crippen LogP contribution < -0.4 is 5.32 Å². The summed E-state index contributed by atoms with van der Waals surface area (Å²) in [6.07, 6.45) is 59.1. The van der Waals surface area contributed by atoms with E-state index in [-0.39, 0.29) is 0 Å². The summed E-state index contributed by atoms with van der Waals surface area (Å²) in [6.45, 7) is 4.06. The highest BCUT2D eigenvalue weighted by Crippen LogP contribution is 2.17. The van der Waals surface area contributed by atoms with Crippen molar-refractivity contribution in [2.75, 3.05) is 6.61 Å². The average molecular weight is 846 g/mol. The maximum Gasteiger partial charge on any atom is 0.249 e. The molecule has 0 aliphatic carbocycles. The molecular weight excluding hydrogens is 743 g/mol. The lowest BCUT2D eigenvalue weighted by Gasteiger charge is -2.27. The Kier molecular flexibility index (Phi) is 47.4. The van der Waals surface area contributed by atoms with Crippen LogP contribution in [0.3, 0.4) is 0 Å². The largest absolute Gasteiger partial charge is 0.394 e. The topological polar surface area (TPSA) is 110 Å². The molecule has 0 aliphatic rings. The van der Waals surface area contributed by atoms with Gasteiger partial charge in [0.1, 0.15) is 12.2 Å². The Morgan fingerprint density at radius 2 is 0.700 bits per heavy atom. The molecule has 0 fully saturated rings. The van der Waals surface area contributed by atoms with Gasteiger partial charge in [-0.05, 0) is 64.2 Å². The van der Waals surface area contributed by atoms with Gasteiger partial charge in [0, 0.05) is 0 Å². The standard InChI is InChI=1S/C54H103NO5/c1-3-5-7-9-11-13-15-17-19-21-23-25-26-28-29-31-33-35-37-39-41-43-45-47-51(57)53(59)50(49-56)55-54(60)52(58)48-46-44-42-40-38-36-34-32-30-27-24-22-20-18-16-14-12-10-8-6-4-2/h25-26,31,33,39,41,50-53,56-59H,3-24,27-30,32,34-38,40,42-49H2,1-2H3,(H,55,60)/b26-25+,33-31+,41-39+. The summed E-state index contributed by atoms with van der Waals surface area (Å²) >= 11 is 0. The third-order valence-corrected chi connectivity index (χ3v) is 12.3. The number of hydrogen-bond acceptors (Lipinski definition) is 5. The molecule has 0 rings (SSSR count).